The number of para-hydroxylation sites is 1. The van der Waals surface area contributed by atoms with Crippen molar-refractivity contribution in [3.63, 3.8) is 0 Å². The molecule has 1 heterocycles. The van der Waals surface area contributed by atoms with Crippen LogP contribution < -0.4 is 10.5 Å². The quantitative estimate of drug-likeness (QED) is 0.867. The lowest BCUT2D eigenvalue weighted by molar-refractivity contribution is 0.0703. The number of nitrogens with two attached hydrogens (primary N) is 1. The highest BCUT2D eigenvalue weighted by molar-refractivity contribution is 7.18. The molecule has 1 aromatic heterocycles. The minimum atomic E-state index is -0.987. The third kappa shape index (κ3) is 2.88. The second-order valence-corrected chi connectivity index (χ2v) is 6.00. The molecular weight excluding hydrogens is 286 g/mol. The summed E-state index contributed by atoms with van der Waals surface area (Å²) in [5.41, 5.74) is 8.20. The maximum atomic E-state index is 11.4. The minimum Gasteiger partial charge on any atom is -0.493 e. The van der Waals surface area contributed by atoms with Crippen molar-refractivity contribution in [3.05, 3.63) is 34.7 Å². The number of hydrogen-bond donors (Lipinski definition) is 2. The molecular formula is C16H19NO3S. The molecule has 2 aromatic rings. The predicted octanol–water partition coefficient (Wildman–Crippen LogP) is 4.22. The molecule has 0 bridgehead atoms. The Morgan fingerprint density at radius 3 is 2.62 bits per heavy atom. The summed E-state index contributed by atoms with van der Waals surface area (Å²) in [7, 11) is 0. The van der Waals surface area contributed by atoms with Gasteiger partial charge in [0.25, 0.3) is 0 Å². The first kappa shape index (κ1) is 15.4. The molecule has 4 nitrogen and oxygen atoms in total. The van der Waals surface area contributed by atoms with Crippen LogP contribution in [0.3, 0.4) is 0 Å². The molecule has 0 amide bonds. The van der Waals surface area contributed by atoms with E-state index >= 15 is 0 Å². The molecule has 0 aliphatic carbocycles. The third-order valence-electron chi connectivity index (χ3n) is 3.19. The van der Waals surface area contributed by atoms with E-state index in [1.54, 1.807) is 0 Å². The summed E-state index contributed by atoms with van der Waals surface area (Å²) in [5, 5.41) is 9.30. The topological polar surface area (TPSA) is 72.5 Å². The highest BCUT2D eigenvalue weighted by atomic mass is 32.1. The van der Waals surface area contributed by atoms with Crippen molar-refractivity contribution < 1.29 is 14.6 Å². The zero-order valence-electron chi connectivity index (χ0n) is 12.3. The van der Waals surface area contributed by atoms with E-state index in [2.05, 4.69) is 0 Å². The van der Waals surface area contributed by atoms with Crippen LogP contribution in [0.1, 0.15) is 41.9 Å². The number of aromatic carboxylic acids is 1. The second kappa shape index (κ2) is 6.18. The molecule has 0 aliphatic rings. The van der Waals surface area contributed by atoms with E-state index < -0.39 is 5.97 Å². The molecule has 0 fully saturated rings. The lowest BCUT2D eigenvalue weighted by atomic mass is 9.98. The fourth-order valence-corrected chi connectivity index (χ4v) is 3.57. The monoisotopic (exact) mass is 305 g/mol. The van der Waals surface area contributed by atoms with E-state index in [1.807, 2.05) is 45.0 Å². The second-order valence-electron chi connectivity index (χ2n) is 4.98. The predicted molar refractivity (Wildman–Crippen MR) is 86.4 cm³/mol. The summed E-state index contributed by atoms with van der Waals surface area (Å²) in [6, 6.07) is 7.64. The molecule has 112 valence electrons. The summed E-state index contributed by atoms with van der Waals surface area (Å²) >= 11 is 1.21. The average Bonchev–Trinajstić information content (AvgIpc) is 2.77. The van der Waals surface area contributed by atoms with Crippen molar-refractivity contribution in [1.82, 2.24) is 0 Å². The van der Waals surface area contributed by atoms with Crippen LogP contribution in [-0.2, 0) is 0 Å². The van der Waals surface area contributed by atoms with Crippen LogP contribution in [0.5, 0.6) is 5.75 Å². The Hall–Kier alpha value is -2.01. The van der Waals surface area contributed by atoms with Gasteiger partial charge in [0.15, 0.2) is 0 Å². The Morgan fingerprint density at radius 1 is 1.38 bits per heavy atom. The molecule has 0 spiro atoms. The molecule has 0 aliphatic heterocycles. The summed E-state index contributed by atoms with van der Waals surface area (Å²) in [6.45, 7) is 6.50. The highest BCUT2D eigenvalue weighted by Gasteiger charge is 2.24. The Balaban J connectivity index is 2.69. The van der Waals surface area contributed by atoms with Crippen LogP contribution in [0, 0.1) is 0 Å². The molecule has 0 unspecified atom stereocenters. The van der Waals surface area contributed by atoms with Crippen molar-refractivity contribution >= 4 is 23.0 Å². The Labute approximate surface area is 128 Å². The van der Waals surface area contributed by atoms with E-state index in [4.69, 9.17) is 10.5 Å². The van der Waals surface area contributed by atoms with Crippen molar-refractivity contribution in [2.24, 2.45) is 0 Å². The number of thiophene rings is 1. The Kier molecular flexibility index (Phi) is 4.53. The van der Waals surface area contributed by atoms with Gasteiger partial charge in [-0.25, -0.2) is 4.79 Å². The summed E-state index contributed by atoms with van der Waals surface area (Å²) in [6.07, 6.45) is 0. The van der Waals surface area contributed by atoms with E-state index in [0.717, 1.165) is 21.8 Å². The first-order chi connectivity index (χ1) is 9.97. The van der Waals surface area contributed by atoms with Gasteiger partial charge in [0, 0.05) is 10.4 Å². The van der Waals surface area contributed by atoms with Crippen LogP contribution >= 0.6 is 11.3 Å². The molecule has 5 heteroatoms. The van der Waals surface area contributed by atoms with Crippen LogP contribution in [0.2, 0.25) is 0 Å². The van der Waals surface area contributed by atoms with Gasteiger partial charge < -0.3 is 15.6 Å². The zero-order chi connectivity index (χ0) is 15.6. The molecule has 3 N–H and O–H groups in total. The molecule has 0 saturated carbocycles. The normalized spacial score (nSPS) is 10.9. The van der Waals surface area contributed by atoms with Gasteiger partial charge in [0.2, 0.25) is 0 Å². The van der Waals surface area contributed by atoms with Crippen molar-refractivity contribution in [2.45, 2.75) is 26.7 Å². The first-order valence-corrected chi connectivity index (χ1v) is 7.66. The smallest absolute Gasteiger partial charge is 0.348 e. The fraction of sp³-hybridized carbons (Fsp3) is 0.312. The molecule has 0 radical (unpaired) electrons. The van der Waals surface area contributed by atoms with Crippen LogP contribution in [0.25, 0.3) is 10.4 Å². The van der Waals surface area contributed by atoms with Gasteiger partial charge in [-0.3, -0.25) is 0 Å². The molecule has 2 rings (SSSR count). The van der Waals surface area contributed by atoms with E-state index in [1.165, 1.54) is 11.3 Å². The van der Waals surface area contributed by atoms with Crippen molar-refractivity contribution in [3.8, 4) is 16.2 Å². The average molecular weight is 305 g/mol. The van der Waals surface area contributed by atoms with Crippen LogP contribution in [-0.4, -0.2) is 17.7 Å². The number of rotatable bonds is 5. The third-order valence-corrected chi connectivity index (χ3v) is 4.43. The van der Waals surface area contributed by atoms with Gasteiger partial charge in [-0.05, 0) is 30.5 Å². The lowest BCUT2D eigenvalue weighted by Crippen LogP contribution is -2.01. The summed E-state index contributed by atoms with van der Waals surface area (Å²) in [4.78, 5) is 12.4. The number of ether oxygens (including phenoxy) is 1. The standard InChI is InChI=1S/C16H19NO3S/c1-4-20-11-8-6-5-7-10(11)14-12(9(2)3)13(17)15(21-14)16(18)19/h5-9H,4,17H2,1-3H3,(H,18,19). The number of nitrogen functional groups attached to an aromatic ring is 1. The fourth-order valence-electron chi connectivity index (χ4n) is 2.32. The van der Waals surface area contributed by atoms with E-state index in [9.17, 15) is 9.90 Å². The zero-order valence-corrected chi connectivity index (χ0v) is 13.2. The summed E-state index contributed by atoms with van der Waals surface area (Å²) < 4.78 is 5.65. The Bertz CT molecular complexity index is 662. The maximum Gasteiger partial charge on any atom is 0.348 e. The van der Waals surface area contributed by atoms with Crippen molar-refractivity contribution in [1.29, 1.82) is 0 Å². The number of benzene rings is 1. The number of hydrogen-bond acceptors (Lipinski definition) is 4. The lowest BCUT2D eigenvalue weighted by Gasteiger charge is -2.12. The first-order valence-electron chi connectivity index (χ1n) is 6.85. The van der Waals surface area contributed by atoms with Crippen LogP contribution in [0.4, 0.5) is 5.69 Å². The number of carboxylic acids is 1. The van der Waals surface area contributed by atoms with Crippen LogP contribution in [0.15, 0.2) is 24.3 Å². The van der Waals surface area contributed by atoms with Gasteiger partial charge in [0.05, 0.1) is 12.3 Å². The summed E-state index contributed by atoms with van der Waals surface area (Å²) in [5.74, 6) is -0.0985. The Morgan fingerprint density at radius 2 is 2.05 bits per heavy atom. The number of carbonyl (C=O) groups is 1. The van der Waals surface area contributed by atoms with Crippen molar-refractivity contribution in [2.75, 3.05) is 12.3 Å². The molecule has 21 heavy (non-hydrogen) atoms. The highest BCUT2D eigenvalue weighted by Crippen LogP contribution is 2.45. The molecule has 0 saturated heterocycles. The minimum absolute atomic E-state index is 0.138. The van der Waals surface area contributed by atoms with E-state index in [-0.39, 0.29) is 10.8 Å². The van der Waals surface area contributed by atoms with Gasteiger partial charge in [-0.15, -0.1) is 11.3 Å². The van der Waals surface area contributed by atoms with Gasteiger partial charge in [-0.2, -0.15) is 0 Å². The van der Waals surface area contributed by atoms with Gasteiger partial charge in [-0.1, -0.05) is 26.0 Å². The largest absolute Gasteiger partial charge is 0.493 e. The van der Waals surface area contributed by atoms with Gasteiger partial charge >= 0.3 is 5.97 Å². The number of carboxylic acid groups (broad SMARTS) is 1. The molecule has 1 aromatic carbocycles. The van der Waals surface area contributed by atoms with E-state index in [0.29, 0.717) is 12.3 Å². The maximum absolute atomic E-state index is 11.4. The SMILES string of the molecule is CCOc1ccccc1-c1sc(C(=O)O)c(N)c1C(C)C. The van der Waals surface area contributed by atoms with Gasteiger partial charge in [0.1, 0.15) is 10.6 Å². The number of anilines is 1. The molecule has 0 atom stereocenters.